The topological polar surface area (TPSA) is 9.72 Å². The van der Waals surface area contributed by atoms with Crippen molar-refractivity contribution in [1.82, 2.24) is 14.7 Å². The third-order valence-electron chi connectivity index (χ3n) is 4.15. The summed E-state index contributed by atoms with van der Waals surface area (Å²) in [5.74, 6) is 0. The molecule has 0 aromatic carbocycles. The summed E-state index contributed by atoms with van der Waals surface area (Å²) in [7, 11) is 2.25. The van der Waals surface area contributed by atoms with Crippen molar-refractivity contribution in [2.24, 2.45) is 0 Å². The van der Waals surface area contributed by atoms with E-state index in [9.17, 15) is 0 Å². The quantitative estimate of drug-likeness (QED) is 0.712. The second kappa shape index (κ2) is 5.99. The molecule has 0 radical (unpaired) electrons. The Hall–Kier alpha value is -0.120. The highest BCUT2D eigenvalue weighted by molar-refractivity contribution is 4.82. The maximum absolute atomic E-state index is 2.74. The second-order valence-corrected chi connectivity index (χ2v) is 5.41. The number of piperidine rings is 1. The van der Waals surface area contributed by atoms with Crippen molar-refractivity contribution < 1.29 is 0 Å². The summed E-state index contributed by atoms with van der Waals surface area (Å²) in [6.07, 6.45) is 4.06. The average Bonchev–Trinajstić information content (AvgIpc) is 2.32. The smallest absolute Gasteiger partial charge is 0.0121 e. The van der Waals surface area contributed by atoms with Gasteiger partial charge in [-0.1, -0.05) is 6.92 Å². The van der Waals surface area contributed by atoms with Crippen LogP contribution in [0.5, 0.6) is 0 Å². The lowest BCUT2D eigenvalue weighted by Crippen LogP contribution is -2.52. The van der Waals surface area contributed by atoms with Crippen LogP contribution in [0.15, 0.2) is 0 Å². The molecule has 3 nitrogen and oxygen atoms in total. The van der Waals surface area contributed by atoms with Crippen molar-refractivity contribution >= 4 is 0 Å². The number of piperazine rings is 1. The molecule has 0 spiro atoms. The molecule has 2 rings (SSSR count). The molecule has 16 heavy (non-hydrogen) atoms. The predicted octanol–water partition coefficient (Wildman–Crippen LogP) is 1.11. The highest BCUT2D eigenvalue weighted by atomic mass is 15.3. The zero-order valence-electron chi connectivity index (χ0n) is 11.0. The minimum Gasteiger partial charge on any atom is -0.306 e. The summed E-state index contributed by atoms with van der Waals surface area (Å²) in [4.78, 5) is 7.81. The molecule has 2 saturated heterocycles. The van der Waals surface area contributed by atoms with E-state index in [2.05, 4.69) is 28.7 Å². The molecular formula is C13H27N3. The summed E-state index contributed by atoms with van der Waals surface area (Å²) in [6, 6.07) is 0.875. The highest BCUT2D eigenvalue weighted by Gasteiger charge is 2.25. The van der Waals surface area contributed by atoms with Gasteiger partial charge in [0, 0.05) is 32.2 Å². The first kappa shape index (κ1) is 12.3. The molecular weight excluding hydrogens is 198 g/mol. The summed E-state index contributed by atoms with van der Waals surface area (Å²) >= 11 is 0. The Morgan fingerprint density at radius 2 is 1.56 bits per heavy atom. The first-order valence-electron chi connectivity index (χ1n) is 6.94. The molecule has 0 saturated carbocycles. The lowest BCUT2D eigenvalue weighted by Gasteiger charge is -2.42. The van der Waals surface area contributed by atoms with Crippen LogP contribution < -0.4 is 0 Å². The van der Waals surface area contributed by atoms with Crippen molar-refractivity contribution in [2.45, 2.75) is 32.2 Å². The molecule has 0 unspecified atom stereocenters. The fraction of sp³-hybridized carbons (Fsp3) is 1.00. The molecule has 0 aromatic heterocycles. The van der Waals surface area contributed by atoms with Crippen LogP contribution in [0.4, 0.5) is 0 Å². The van der Waals surface area contributed by atoms with E-state index in [-0.39, 0.29) is 0 Å². The molecule has 0 bridgehead atoms. The van der Waals surface area contributed by atoms with E-state index < -0.39 is 0 Å². The normalized spacial score (nSPS) is 27.4. The van der Waals surface area contributed by atoms with E-state index in [0.29, 0.717) is 0 Å². The van der Waals surface area contributed by atoms with Crippen LogP contribution >= 0.6 is 0 Å². The number of nitrogens with zero attached hydrogens (tertiary/aromatic N) is 3. The van der Waals surface area contributed by atoms with Gasteiger partial charge in [0.15, 0.2) is 0 Å². The molecule has 3 heteroatoms. The first-order valence-corrected chi connectivity index (χ1v) is 6.94. The monoisotopic (exact) mass is 225 g/mol. The fourth-order valence-corrected chi connectivity index (χ4v) is 3.03. The number of likely N-dealkylation sites (tertiary alicyclic amines) is 1. The molecule has 2 aliphatic heterocycles. The summed E-state index contributed by atoms with van der Waals surface area (Å²) < 4.78 is 0. The summed E-state index contributed by atoms with van der Waals surface area (Å²) in [6.45, 7) is 11.3. The van der Waals surface area contributed by atoms with Gasteiger partial charge in [-0.3, -0.25) is 4.90 Å². The van der Waals surface area contributed by atoms with Crippen molar-refractivity contribution in [2.75, 3.05) is 52.9 Å². The third kappa shape index (κ3) is 3.19. The van der Waals surface area contributed by atoms with Crippen LogP contribution in [0.3, 0.4) is 0 Å². The van der Waals surface area contributed by atoms with Gasteiger partial charge < -0.3 is 9.80 Å². The molecule has 0 aliphatic carbocycles. The van der Waals surface area contributed by atoms with Crippen molar-refractivity contribution in [3.63, 3.8) is 0 Å². The van der Waals surface area contributed by atoms with Crippen LogP contribution in [-0.4, -0.2) is 73.6 Å². The van der Waals surface area contributed by atoms with Crippen LogP contribution in [0.2, 0.25) is 0 Å². The fourth-order valence-electron chi connectivity index (χ4n) is 3.03. The molecule has 2 heterocycles. The molecule has 0 aromatic rings. The Labute approximate surface area is 100 Å². The molecule has 2 aliphatic rings. The minimum absolute atomic E-state index is 0.875. The van der Waals surface area contributed by atoms with Gasteiger partial charge in [-0.15, -0.1) is 0 Å². The van der Waals surface area contributed by atoms with Crippen LogP contribution in [0.25, 0.3) is 0 Å². The van der Waals surface area contributed by atoms with Crippen LogP contribution in [0, 0.1) is 0 Å². The van der Waals surface area contributed by atoms with Gasteiger partial charge in [0.25, 0.3) is 0 Å². The summed E-state index contributed by atoms with van der Waals surface area (Å²) in [5.41, 5.74) is 0. The Kier molecular flexibility index (Phi) is 4.62. The van der Waals surface area contributed by atoms with E-state index in [1.165, 1.54) is 65.1 Å². The lowest BCUT2D eigenvalue weighted by atomic mass is 10.0. The van der Waals surface area contributed by atoms with Gasteiger partial charge in [0.2, 0.25) is 0 Å². The molecule has 0 amide bonds. The van der Waals surface area contributed by atoms with E-state index in [4.69, 9.17) is 0 Å². The maximum Gasteiger partial charge on any atom is 0.0121 e. The van der Waals surface area contributed by atoms with E-state index >= 15 is 0 Å². The average molecular weight is 225 g/mol. The lowest BCUT2D eigenvalue weighted by molar-refractivity contribution is 0.0648. The van der Waals surface area contributed by atoms with Gasteiger partial charge in [-0.25, -0.2) is 0 Å². The van der Waals surface area contributed by atoms with E-state index in [0.717, 1.165) is 6.04 Å². The van der Waals surface area contributed by atoms with Gasteiger partial charge in [0.05, 0.1) is 0 Å². The van der Waals surface area contributed by atoms with Crippen LogP contribution in [0.1, 0.15) is 26.2 Å². The maximum atomic E-state index is 2.74. The van der Waals surface area contributed by atoms with Gasteiger partial charge in [-0.2, -0.15) is 0 Å². The highest BCUT2D eigenvalue weighted by Crippen LogP contribution is 2.17. The van der Waals surface area contributed by atoms with Crippen LogP contribution in [-0.2, 0) is 0 Å². The SMILES string of the molecule is CCCN1CCN(C2CCN(C)CC2)CC1. The molecule has 2 fully saturated rings. The largest absolute Gasteiger partial charge is 0.306 e. The predicted molar refractivity (Wildman–Crippen MR) is 68.8 cm³/mol. The number of hydrogen-bond acceptors (Lipinski definition) is 3. The molecule has 0 N–H and O–H groups in total. The number of hydrogen-bond donors (Lipinski definition) is 0. The first-order chi connectivity index (χ1) is 7.79. The van der Waals surface area contributed by atoms with Gasteiger partial charge >= 0.3 is 0 Å². The Morgan fingerprint density at radius 1 is 0.938 bits per heavy atom. The standard InChI is InChI=1S/C13H27N3/c1-3-6-15-9-11-16(12-10-15)13-4-7-14(2)8-5-13/h13H,3-12H2,1-2H3. The summed E-state index contributed by atoms with van der Waals surface area (Å²) in [5, 5.41) is 0. The van der Waals surface area contributed by atoms with Crippen molar-refractivity contribution in [1.29, 1.82) is 0 Å². The van der Waals surface area contributed by atoms with E-state index in [1.54, 1.807) is 0 Å². The van der Waals surface area contributed by atoms with Crippen molar-refractivity contribution in [3.8, 4) is 0 Å². The Bertz CT molecular complexity index is 191. The van der Waals surface area contributed by atoms with E-state index in [1.807, 2.05) is 0 Å². The van der Waals surface area contributed by atoms with Crippen molar-refractivity contribution in [3.05, 3.63) is 0 Å². The molecule has 0 atom stereocenters. The third-order valence-corrected chi connectivity index (χ3v) is 4.15. The second-order valence-electron chi connectivity index (χ2n) is 5.41. The Balaban J connectivity index is 1.72. The zero-order chi connectivity index (χ0) is 11.4. The minimum atomic E-state index is 0.875. The molecule has 94 valence electrons. The van der Waals surface area contributed by atoms with Gasteiger partial charge in [-0.05, 0) is 45.9 Å². The zero-order valence-corrected chi connectivity index (χ0v) is 11.0. The Morgan fingerprint density at radius 3 is 2.12 bits per heavy atom. The van der Waals surface area contributed by atoms with Gasteiger partial charge in [0.1, 0.15) is 0 Å². The number of rotatable bonds is 3.